The second-order valence-corrected chi connectivity index (χ2v) is 24.7. The van der Waals surface area contributed by atoms with Gasteiger partial charge in [0.2, 0.25) is 5.30 Å². The van der Waals surface area contributed by atoms with Crippen LogP contribution in [0.4, 0.5) is 33.8 Å². The molecule has 256 valence electrons. The molecule has 0 saturated heterocycles. The molecular weight excluding hydrogens is 899 g/mol. The molecule has 48 heavy (non-hydrogen) atoms. The molecule has 0 unspecified atom stereocenters. The van der Waals surface area contributed by atoms with E-state index in [0.717, 1.165) is 0 Å². The molecule has 0 atom stereocenters. The van der Waals surface area contributed by atoms with Crippen LogP contribution in [-0.2, 0) is 0 Å². The molecule has 15 heteroatoms. The minimum atomic E-state index is -11.2. The van der Waals surface area contributed by atoms with Gasteiger partial charge in [0.1, 0.15) is 15.9 Å². The van der Waals surface area contributed by atoms with Crippen LogP contribution in [0.1, 0.15) is 0 Å². The Bertz CT molecular complexity index is 1710. The largest absolute Gasteiger partial charge is 0.236 e. The topological polar surface area (TPSA) is 0 Å². The van der Waals surface area contributed by atoms with Gasteiger partial charge in [0.25, 0.3) is 0 Å². The summed E-state index contributed by atoms with van der Waals surface area (Å²) in [6, 6.07) is 55.2. The first-order chi connectivity index (χ1) is 21.8. The molecule has 0 spiro atoms. The second kappa shape index (κ2) is 12.1. The minimum Gasteiger partial charge on any atom is -0.0620 e. The molecule has 0 heterocycles. The fourth-order valence-electron chi connectivity index (χ4n) is 5.07. The molecule has 0 amide bonds. The van der Waals surface area contributed by atoms with Crippen LogP contribution in [0, 0.1) is 0 Å². The van der Waals surface area contributed by atoms with Gasteiger partial charge >= 0.3 is 72.7 Å². The number of rotatable bonds is 6. The molecule has 0 N–H and O–H groups in total. The average Bonchev–Trinajstić information content (AvgIpc) is 3.73. The van der Waals surface area contributed by atoms with Crippen molar-refractivity contribution in [2.75, 3.05) is 0 Å². The third-order valence-corrected chi connectivity index (χ3v) is 10.9. The summed E-state index contributed by atoms with van der Waals surface area (Å²) in [5.74, 6) is 0. The Labute approximate surface area is 273 Å². The third-order valence-electron chi connectivity index (χ3n) is 6.55. The van der Waals surface area contributed by atoms with Crippen LogP contribution in [0.2, 0.25) is 0 Å². The maximum Gasteiger partial charge on any atom is 0.236 e. The van der Waals surface area contributed by atoms with Crippen molar-refractivity contribution in [1.82, 2.24) is 0 Å². The Morgan fingerprint density at radius 1 is 0.354 bits per heavy atom. The first kappa shape index (κ1) is 37.7. The third kappa shape index (κ3) is 12.1. The van der Waals surface area contributed by atoms with Crippen LogP contribution in [0.3, 0.4) is 0 Å². The van der Waals surface area contributed by atoms with Crippen molar-refractivity contribution >= 4 is 67.4 Å². The van der Waals surface area contributed by atoms with Gasteiger partial charge in [-0.05, 0) is 78.9 Å². The summed E-state index contributed by atoms with van der Waals surface area (Å²) in [6.45, 7) is 0. The van der Waals surface area contributed by atoms with E-state index in [2.05, 4.69) is 152 Å². The molecule has 0 aliphatic rings. The van der Waals surface area contributed by atoms with Gasteiger partial charge in [-0.1, -0.05) is 72.8 Å². The van der Waals surface area contributed by atoms with Gasteiger partial charge in [-0.25, -0.2) is 0 Å². The van der Waals surface area contributed by atoms with Gasteiger partial charge in [-0.15, -0.1) is 0 Å². The van der Waals surface area contributed by atoms with Crippen LogP contribution < -0.4 is 21.2 Å². The van der Waals surface area contributed by atoms with E-state index in [1.165, 1.54) is 43.5 Å². The van der Waals surface area contributed by atoms with E-state index in [0.29, 0.717) is 0 Å². The van der Waals surface area contributed by atoms with E-state index < -0.39 is 46.2 Å². The van der Waals surface area contributed by atoms with Gasteiger partial charge in [0.15, 0.2) is 18.4 Å². The molecular formula is C33H25F12PSb2. The van der Waals surface area contributed by atoms with Crippen LogP contribution in [0.5, 0.6) is 0 Å². The molecule has 0 aliphatic heterocycles. The van der Waals surface area contributed by atoms with Gasteiger partial charge < -0.3 is 0 Å². The van der Waals surface area contributed by atoms with Crippen molar-refractivity contribution in [1.29, 1.82) is 0 Å². The van der Waals surface area contributed by atoms with Crippen molar-refractivity contribution in [3.8, 4) is 22.3 Å². The van der Waals surface area contributed by atoms with Crippen LogP contribution in [-0.4, -0.2) is 39.0 Å². The fraction of sp³-hybridized carbons (Fsp3) is 0. The summed E-state index contributed by atoms with van der Waals surface area (Å²) in [6.07, 6.45) is 0. The van der Waals surface area contributed by atoms with Gasteiger partial charge in [0, 0.05) is 0 Å². The predicted molar refractivity (Wildman–Crippen MR) is 174 cm³/mol. The number of halogens is 12. The summed E-state index contributed by atoms with van der Waals surface area (Å²) in [5.41, 5.74) is 5.39. The molecule has 6 rings (SSSR count). The van der Waals surface area contributed by atoms with Gasteiger partial charge in [-0.3, -0.25) is 0 Å². The van der Waals surface area contributed by atoms with Crippen molar-refractivity contribution in [2.45, 2.75) is 0 Å². The zero-order chi connectivity index (χ0) is 35.6. The zero-order valence-corrected chi connectivity index (χ0v) is 30.3. The van der Waals surface area contributed by atoms with Crippen molar-refractivity contribution in [3.05, 3.63) is 152 Å². The molecule has 0 aliphatic carbocycles. The Hall–Kier alpha value is -3.06. The molecule has 0 aromatic heterocycles. The SMILES string of the molecule is [F][Sb-]([F])([F])([F])([F])[F].[F][Sb-]([F])([F])([F])([F])[F].c1ccc(-c2c([P+](c3ccccc3)(c3ccccc3)c3ccccc3)[c+]2-c2ccccc2)cc1. The summed E-state index contributed by atoms with van der Waals surface area (Å²) >= 11 is -22.5. The van der Waals surface area contributed by atoms with E-state index in [9.17, 15) is 33.8 Å². The normalized spacial score (nSPS) is 14.9. The fourth-order valence-corrected chi connectivity index (χ4v) is 9.70. The summed E-state index contributed by atoms with van der Waals surface area (Å²) in [4.78, 5) is 0. The molecule has 0 bridgehead atoms. The number of benzene rings is 5. The van der Waals surface area contributed by atoms with Gasteiger partial charge in [0.05, 0.1) is 11.1 Å². The van der Waals surface area contributed by atoms with E-state index in [1.807, 2.05) is 0 Å². The van der Waals surface area contributed by atoms with Crippen molar-refractivity contribution < 1.29 is 33.8 Å². The van der Waals surface area contributed by atoms with Crippen molar-refractivity contribution in [2.24, 2.45) is 0 Å². The summed E-state index contributed by atoms with van der Waals surface area (Å²) in [7, 11) is -2.11. The minimum absolute atomic E-state index is 1.29. The average molecular weight is 924 g/mol. The Morgan fingerprint density at radius 2 is 0.604 bits per heavy atom. The number of hydrogen-bond acceptors (Lipinski definition) is 0. The van der Waals surface area contributed by atoms with E-state index in [1.54, 1.807) is 0 Å². The number of hydrogen-bond donors (Lipinski definition) is 0. The Balaban J connectivity index is 0.000000314. The molecule has 0 fully saturated rings. The van der Waals surface area contributed by atoms with E-state index >= 15 is 0 Å². The second-order valence-electron chi connectivity index (χ2n) is 10.4. The van der Waals surface area contributed by atoms with Crippen LogP contribution in [0.25, 0.3) is 22.3 Å². The molecule has 6 aromatic rings. The molecule has 0 nitrogen and oxygen atoms in total. The predicted octanol–water partition coefficient (Wildman–Crippen LogP) is 11.1. The monoisotopic (exact) mass is 922 g/mol. The van der Waals surface area contributed by atoms with Crippen LogP contribution >= 0.6 is 7.26 Å². The summed E-state index contributed by atoms with van der Waals surface area (Å²) in [5, 5.41) is 5.67. The smallest absolute Gasteiger partial charge is 0.0620 e. The van der Waals surface area contributed by atoms with Crippen LogP contribution in [0.15, 0.2) is 152 Å². The molecule has 6 aromatic carbocycles. The van der Waals surface area contributed by atoms with E-state index in [4.69, 9.17) is 0 Å². The molecule has 0 radical (unpaired) electrons. The Kier molecular flexibility index (Phi) is 9.49. The van der Waals surface area contributed by atoms with E-state index in [-0.39, 0.29) is 0 Å². The maximum absolute atomic E-state index is 11.2. The van der Waals surface area contributed by atoms with Gasteiger partial charge in [-0.2, -0.15) is 0 Å². The maximum atomic E-state index is 9.93. The quantitative estimate of drug-likeness (QED) is 0.0676. The van der Waals surface area contributed by atoms with Crippen molar-refractivity contribution in [3.63, 3.8) is 0 Å². The standard InChI is InChI=1S/C33H25P.12FH.2Sb/c1-6-16-26(17-7-1)31-32(27-18-8-2-9-19-27)33(31)34(28-20-10-3-11-21-28,29-22-12-4-13-23-29)30-24-14-5-15-25-30;;;;;;;;;;;;;;/h1-25H;12*1H;;/q+2;;;;;;;;;;;;;2*+5/p-12. The summed E-state index contributed by atoms with van der Waals surface area (Å²) < 4.78 is 119. The zero-order valence-electron chi connectivity index (χ0n) is 24.3. The Morgan fingerprint density at radius 3 is 0.896 bits per heavy atom. The molecule has 0 saturated carbocycles. The first-order valence-electron chi connectivity index (χ1n) is 13.7. The first-order valence-corrected chi connectivity index (χ1v) is 27.1.